The highest BCUT2D eigenvalue weighted by molar-refractivity contribution is 7.91. The summed E-state index contributed by atoms with van der Waals surface area (Å²) in [5.74, 6) is 0.277. The summed E-state index contributed by atoms with van der Waals surface area (Å²) in [5, 5.41) is 8.32. The number of nitrogens with zero attached hydrogens (tertiary/aromatic N) is 3. The van der Waals surface area contributed by atoms with Gasteiger partial charge in [0, 0.05) is 25.2 Å². The highest BCUT2D eigenvalue weighted by Gasteiger charge is 2.39. The van der Waals surface area contributed by atoms with Crippen LogP contribution in [0.2, 0.25) is 0 Å². The summed E-state index contributed by atoms with van der Waals surface area (Å²) in [5.41, 5.74) is 4.27. The van der Waals surface area contributed by atoms with Crippen molar-refractivity contribution in [2.75, 3.05) is 39.4 Å². The molecule has 1 unspecified atom stereocenters. The van der Waals surface area contributed by atoms with Crippen molar-refractivity contribution in [1.82, 2.24) is 20.0 Å². The fourth-order valence-corrected chi connectivity index (χ4v) is 6.15. The maximum atomic E-state index is 13.3. The zero-order valence-corrected chi connectivity index (χ0v) is 17.5. The number of aryl methyl sites for hydroxylation is 1. The molecule has 1 aromatic carbocycles. The van der Waals surface area contributed by atoms with Gasteiger partial charge in [0.05, 0.1) is 36.1 Å². The summed E-state index contributed by atoms with van der Waals surface area (Å²) < 4.78 is 20.6. The first-order valence-corrected chi connectivity index (χ1v) is 11.6. The van der Waals surface area contributed by atoms with Crippen LogP contribution in [0.25, 0.3) is 11.3 Å². The van der Waals surface area contributed by atoms with E-state index in [9.17, 15) is 9.35 Å². The van der Waals surface area contributed by atoms with Crippen molar-refractivity contribution in [2.45, 2.75) is 36.5 Å². The minimum atomic E-state index is -1.18. The van der Waals surface area contributed by atoms with Crippen molar-refractivity contribution in [3.8, 4) is 11.3 Å². The van der Waals surface area contributed by atoms with Crippen LogP contribution in [0.3, 0.4) is 0 Å². The third kappa shape index (κ3) is 3.28. The van der Waals surface area contributed by atoms with E-state index in [1.54, 1.807) is 0 Å². The van der Waals surface area contributed by atoms with E-state index in [0.29, 0.717) is 37.8 Å². The summed E-state index contributed by atoms with van der Waals surface area (Å²) >= 11 is -1.18. The fraction of sp³-hybridized carbons (Fsp3) is 0.524. The van der Waals surface area contributed by atoms with Crippen LogP contribution in [0, 0.1) is 6.92 Å². The van der Waals surface area contributed by atoms with Crippen molar-refractivity contribution < 1.29 is 14.1 Å². The third-order valence-electron chi connectivity index (χ3n) is 6.10. The standard InChI is InChI=1S/C21H26N4O3S/c1-14-4-2-6-16-19-17(13-29(27)20(14)16)18(21(26)24-8-10-28-11-9-24)23-25(19)15-5-3-7-22-12-15/h2,4,6,15,22H,3,5,7-13H2,1H3/t15-,29?/m0/s1. The Morgan fingerprint density at radius 3 is 2.93 bits per heavy atom. The Bertz CT molecular complexity index is 932. The van der Waals surface area contributed by atoms with E-state index in [0.717, 1.165) is 53.2 Å². The molecule has 8 heteroatoms. The number of nitrogens with one attached hydrogen (secondary N) is 1. The molecule has 3 aliphatic rings. The first-order chi connectivity index (χ1) is 14.1. The fourth-order valence-electron chi connectivity index (χ4n) is 4.63. The average molecular weight is 415 g/mol. The lowest BCUT2D eigenvalue weighted by atomic mass is 10.0. The van der Waals surface area contributed by atoms with E-state index in [1.165, 1.54) is 0 Å². The number of piperidine rings is 1. The third-order valence-corrected chi connectivity index (χ3v) is 7.64. The molecular weight excluding hydrogens is 388 g/mol. The molecule has 3 aliphatic heterocycles. The molecule has 5 rings (SSSR count). The lowest BCUT2D eigenvalue weighted by Crippen LogP contribution is -2.41. The van der Waals surface area contributed by atoms with E-state index in [-0.39, 0.29) is 11.9 Å². The lowest BCUT2D eigenvalue weighted by molar-refractivity contribution is 0.0297. The number of hydrogen-bond acceptors (Lipinski definition) is 5. The molecule has 7 nitrogen and oxygen atoms in total. The lowest BCUT2D eigenvalue weighted by Gasteiger charge is -2.28. The van der Waals surface area contributed by atoms with Crippen molar-refractivity contribution >= 4 is 17.1 Å². The maximum absolute atomic E-state index is 13.3. The van der Waals surface area contributed by atoms with E-state index < -0.39 is 11.2 Å². The van der Waals surface area contributed by atoms with Gasteiger partial charge in [0.1, 0.15) is 5.75 Å². The molecule has 0 bridgehead atoms. The molecule has 154 valence electrons. The van der Waals surface area contributed by atoms with Gasteiger partial charge in [-0.15, -0.1) is 0 Å². The van der Waals surface area contributed by atoms with Gasteiger partial charge in [-0.25, -0.2) is 0 Å². The Hall–Kier alpha value is -1.87. The van der Waals surface area contributed by atoms with Crippen LogP contribution in [0.5, 0.6) is 0 Å². The highest BCUT2D eigenvalue weighted by atomic mass is 32.2. The number of carbonyl (C=O) groups is 1. The molecule has 29 heavy (non-hydrogen) atoms. The molecule has 1 aromatic heterocycles. The summed E-state index contributed by atoms with van der Waals surface area (Å²) in [6.07, 6.45) is 2.11. The second-order valence-electron chi connectivity index (χ2n) is 7.97. The molecule has 1 N–H and O–H groups in total. The van der Waals surface area contributed by atoms with Gasteiger partial charge >= 0.3 is 0 Å². The van der Waals surface area contributed by atoms with Gasteiger partial charge in [-0.2, -0.15) is 5.10 Å². The van der Waals surface area contributed by atoms with E-state index in [1.807, 2.05) is 34.7 Å². The zero-order valence-electron chi connectivity index (χ0n) is 16.6. The first kappa shape index (κ1) is 19.1. The number of benzene rings is 1. The molecule has 0 aliphatic carbocycles. The molecule has 2 aromatic rings. The molecule has 1 amide bonds. The number of morpholine rings is 1. The second kappa shape index (κ2) is 7.75. The van der Waals surface area contributed by atoms with Crippen molar-refractivity contribution in [3.05, 3.63) is 35.0 Å². The average Bonchev–Trinajstić information content (AvgIpc) is 3.14. The molecule has 2 fully saturated rings. The minimum absolute atomic E-state index is 0.0693. The van der Waals surface area contributed by atoms with Crippen LogP contribution < -0.4 is 5.32 Å². The van der Waals surface area contributed by atoms with Gasteiger partial charge in [0.25, 0.3) is 5.91 Å². The summed E-state index contributed by atoms with van der Waals surface area (Å²) in [6, 6.07) is 6.23. The first-order valence-electron chi connectivity index (χ1n) is 10.3. The van der Waals surface area contributed by atoms with Crippen molar-refractivity contribution in [1.29, 1.82) is 0 Å². The van der Waals surface area contributed by atoms with Gasteiger partial charge in [-0.1, -0.05) is 12.1 Å². The SMILES string of the molecule is Cc1cccc2c1[S+]([O-])Cc1c(C(=O)N3CCOCC3)nn([C@H]3CCCNC3)c1-2. The van der Waals surface area contributed by atoms with Gasteiger partial charge in [0.15, 0.2) is 10.6 Å². The van der Waals surface area contributed by atoms with Gasteiger partial charge < -0.3 is 19.5 Å². The smallest absolute Gasteiger partial charge is 0.275 e. The van der Waals surface area contributed by atoms with Gasteiger partial charge in [0.2, 0.25) is 0 Å². The van der Waals surface area contributed by atoms with Crippen molar-refractivity contribution in [2.24, 2.45) is 0 Å². The summed E-state index contributed by atoms with van der Waals surface area (Å²) in [7, 11) is 0. The van der Waals surface area contributed by atoms with Crippen LogP contribution in [0.15, 0.2) is 23.1 Å². The molecule has 0 spiro atoms. The number of hydrogen-bond donors (Lipinski definition) is 1. The van der Waals surface area contributed by atoms with Crippen molar-refractivity contribution in [3.63, 3.8) is 0 Å². The van der Waals surface area contributed by atoms with Crippen LogP contribution in [-0.2, 0) is 21.7 Å². The van der Waals surface area contributed by atoms with E-state index >= 15 is 0 Å². The maximum Gasteiger partial charge on any atom is 0.275 e. The summed E-state index contributed by atoms with van der Waals surface area (Å²) in [6.45, 7) is 6.10. The predicted octanol–water partition coefficient (Wildman–Crippen LogP) is 1.88. The van der Waals surface area contributed by atoms with Crippen LogP contribution >= 0.6 is 0 Å². The molecule has 2 saturated heterocycles. The number of fused-ring (bicyclic) bond motifs is 3. The molecule has 4 heterocycles. The highest BCUT2D eigenvalue weighted by Crippen LogP contribution is 2.42. The van der Waals surface area contributed by atoms with Gasteiger partial charge in [-0.3, -0.25) is 9.48 Å². The normalized spacial score (nSPS) is 24.1. The van der Waals surface area contributed by atoms with E-state index in [4.69, 9.17) is 9.84 Å². The Kier molecular flexibility index (Phi) is 5.11. The summed E-state index contributed by atoms with van der Waals surface area (Å²) in [4.78, 5) is 16.0. The van der Waals surface area contributed by atoms with Crippen LogP contribution in [0.4, 0.5) is 0 Å². The minimum Gasteiger partial charge on any atom is -0.611 e. The molecule has 0 saturated carbocycles. The number of aromatic nitrogens is 2. The zero-order chi connectivity index (χ0) is 20.0. The Morgan fingerprint density at radius 1 is 1.34 bits per heavy atom. The number of carbonyl (C=O) groups excluding carboxylic acids is 1. The molecule has 2 atom stereocenters. The quantitative estimate of drug-likeness (QED) is 0.759. The van der Waals surface area contributed by atoms with E-state index in [2.05, 4.69) is 5.32 Å². The molecule has 0 radical (unpaired) electrons. The largest absolute Gasteiger partial charge is 0.611 e. The number of ether oxygens (including phenoxy) is 1. The monoisotopic (exact) mass is 414 g/mol. The predicted molar refractivity (Wildman–Crippen MR) is 110 cm³/mol. The van der Waals surface area contributed by atoms with Gasteiger partial charge in [-0.05, 0) is 43.6 Å². The Labute approximate surface area is 173 Å². The van der Waals surface area contributed by atoms with Crippen LogP contribution in [0.1, 0.15) is 40.5 Å². The molecular formula is C21H26N4O3S. The number of rotatable bonds is 2. The Morgan fingerprint density at radius 2 is 2.17 bits per heavy atom. The second-order valence-corrected chi connectivity index (χ2v) is 9.35. The number of amides is 1. The van der Waals surface area contributed by atoms with Crippen LogP contribution in [-0.4, -0.2) is 64.5 Å². The Balaban J connectivity index is 1.66. The topological polar surface area (TPSA) is 82.4 Å².